The first kappa shape index (κ1) is 68.9. The smallest absolute Gasteiger partial charge is 0.127 e. The van der Waals surface area contributed by atoms with Crippen molar-refractivity contribution in [2.45, 2.75) is 114 Å². The Balaban J connectivity index is 0.000000232. The quantitative estimate of drug-likeness (QED) is 0.155. The number of rotatable bonds is 6. The molecule has 11 aromatic carbocycles. The van der Waals surface area contributed by atoms with Gasteiger partial charge in [-0.1, -0.05) is 238 Å². The van der Waals surface area contributed by atoms with Gasteiger partial charge in [-0.25, -0.2) is 0 Å². The van der Waals surface area contributed by atoms with Crippen LogP contribution in [0.25, 0.3) is 21.9 Å². The van der Waals surface area contributed by atoms with Gasteiger partial charge in [0.05, 0.1) is 0 Å². The number of ether oxygens (including phenoxy) is 2. The summed E-state index contributed by atoms with van der Waals surface area (Å²) < 4.78 is 11.9. The molecule has 3 heteroatoms. The number of benzene rings is 11. The van der Waals surface area contributed by atoms with Crippen molar-refractivity contribution >= 4 is 10.8 Å². The van der Waals surface area contributed by atoms with E-state index in [1.54, 1.807) is 0 Å². The SMILES string of the molecule is CC.CC.CC1(C)CC(C)(c2ccccc2)c2ccccc21.Cc1cc[c-]cc1.Cc1cc[c-]cc1.Cc1cccc(Oc2ccc(-c3ccc(Oc4cccc(C)c4)cc3)cc2)c1.Cc1cccc2c(C)cccc12.Cc1ccccc1.[Y]. The third-order valence-corrected chi connectivity index (χ3v) is 14.0. The zero-order valence-corrected chi connectivity index (χ0v) is 55.3. The Morgan fingerprint density at radius 3 is 1.02 bits per heavy atom. The van der Waals surface area contributed by atoms with Crippen LogP contribution >= 0.6 is 0 Å². The maximum Gasteiger partial charge on any atom is 0.127 e. The molecule has 1 unspecified atom stereocenters. The van der Waals surface area contributed by atoms with Gasteiger partial charge in [0.25, 0.3) is 0 Å². The minimum absolute atomic E-state index is 0. The Morgan fingerprint density at radius 2 is 0.667 bits per heavy atom. The second kappa shape index (κ2) is 36.2. The summed E-state index contributed by atoms with van der Waals surface area (Å²) in [5.41, 5.74) is 16.1. The maximum atomic E-state index is 5.93. The molecule has 429 valence electrons. The van der Waals surface area contributed by atoms with Gasteiger partial charge >= 0.3 is 0 Å². The second-order valence-corrected chi connectivity index (χ2v) is 21.2. The number of fused-ring (bicyclic) bond motifs is 2. The summed E-state index contributed by atoms with van der Waals surface area (Å²) in [6.07, 6.45) is 1.18. The molecular formula is C81H88O2Y-2. The summed E-state index contributed by atoms with van der Waals surface area (Å²) in [4.78, 5) is 0. The zero-order valence-electron chi connectivity index (χ0n) is 52.5. The van der Waals surface area contributed by atoms with Crippen LogP contribution in [0.3, 0.4) is 0 Å². The molecule has 0 spiro atoms. The number of aryl methyl sites for hydroxylation is 7. The van der Waals surface area contributed by atoms with Crippen LogP contribution in [0.1, 0.15) is 111 Å². The van der Waals surface area contributed by atoms with Gasteiger partial charge < -0.3 is 9.47 Å². The summed E-state index contributed by atoms with van der Waals surface area (Å²) in [6, 6.07) is 97.0. The van der Waals surface area contributed by atoms with Crippen molar-refractivity contribution < 1.29 is 42.2 Å². The Hall–Kier alpha value is -7.62. The van der Waals surface area contributed by atoms with Crippen LogP contribution in [0.4, 0.5) is 0 Å². The van der Waals surface area contributed by atoms with Gasteiger partial charge in [-0.2, -0.15) is 71.8 Å². The van der Waals surface area contributed by atoms with Crippen LogP contribution in [0.5, 0.6) is 23.0 Å². The fourth-order valence-corrected chi connectivity index (χ4v) is 9.85. The minimum atomic E-state index is 0. The van der Waals surface area contributed by atoms with Gasteiger partial charge in [-0.05, 0) is 156 Å². The van der Waals surface area contributed by atoms with Crippen molar-refractivity contribution in [2.24, 2.45) is 0 Å². The van der Waals surface area contributed by atoms with E-state index in [9.17, 15) is 0 Å². The molecule has 0 aromatic heterocycles. The molecule has 0 amide bonds. The van der Waals surface area contributed by atoms with E-state index >= 15 is 0 Å². The molecule has 0 N–H and O–H groups in total. The van der Waals surface area contributed by atoms with Gasteiger partial charge in [0, 0.05) is 38.1 Å². The second-order valence-electron chi connectivity index (χ2n) is 21.2. The van der Waals surface area contributed by atoms with E-state index in [2.05, 4.69) is 221 Å². The zero-order chi connectivity index (χ0) is 60.0. The normalized spacial score (nSPS) is 12.6. The van der Waals surface area contributed by atoms with Gasteiger partial charge in [0.15, 0.2) is 0 Å². The molecule has 1 radical (unpaired) electrons. The maximum absolute atomic E-state index is 5.93. The van der Waals surface area contributed by atoms with E-state index < -0.39 is 0 Å². The van der Waals surface area contributed by atoms with E-state index in [4.69, 9.17) is 9.47 Å². The topological polar surface area (TPSA) is 18.5 Å². The van der Waals surface area contributed by atoms with Gasteiger partial charge in [-0.15, -0.1) is 0 Å². The first-order valence-electron chi connectivity index (χ1n) is 29.3. The molecule has 1 atom stereocenters. The van der Waals surface area contributed by atoms with Crippen LogP contribution in [0, 0.1) is 60.6 Å². The van der Waals surface area contributed by atoms with Crippen molar-refractivity contribution in [3.8, 4) is 34.1 Å². The predicted octanol–water partition coefficient (Wildman–Crippen LogP) is 23.3. The molecule has 1 aliphatic rings. The molecule has 84 heavy (non-hydrogen) atoms. The van der Waals surface area contributed by atoms with Crippen LogP contribution < -0.4 is 9.47 Å². The number of hydrogen-bond acceptors (Lipinski definition) is 2. The largest absolute Gasteiger partial charge is 0.457 e. The van der Waals surface area contributed by atoms with Gasteiger partial charge in [0.1, 0.15) is 23.0 Å². The molecule has 0 aliphatic heterocycles. The molecule has 1 aliphatic carbocycles. The first-order valence-corrected chi connectivity index (χ1v) is 29.3. The van der Waals surface area contributed by atoms with Crippen LogP contribution in [-0.2, 0) is 43.5 Å². The third kappa shape index (κ3) is 21.9. The third-order valence-electron chi connectivity index (χ3n) is 14.0. The molecule has 0 saturated carbocycles. The Morgan fingerprint density at radius 1 is 0.321 bits per heavy atom. The molecule has 2 nitrogen and oxygen atoms in total. The summed E-state index contributed by atoms with van der Waals surface area (Å²) in [7, 11) is 0. The Bertz CT molecular complexity index is 3340. The van der Waals surface area contributed by atoms with Crippen LogP contribution in [-0.4, -0.2) is 0 Å². The monoisotopic (exact) mass is 1180 g/mol. The summed E-state index contributed by atoms with van der Waals surface area (Å²) in [5, 5.41) is 2.75. The van der Waals surface area contributed by atoms with Crippen LogP contribution in [0.2, 0.25) is 0 Å². The molecule has 0 fully saturated rings. The predicted molar refractivity (Wildman–Crippen MR) is 359 cm³/mol. The fraction of sp³-hybridized carbons (Fsp3) is 0.210. The molecule has 0 bridgehead atoms. The van der Waals surface area contributed by atoms with Crippen molar-refractivity contribution in [2.75, 3.05) is 0 Å². The molecule has 12 rings (SSSR count). The summed E-state index contributed by atoms with van der Waals surface area (Å²) in [5.74, 6) is 3.36. The van der Waals surface area contributed by atoms with E-state index in [0.717, 1.165) is 34.1 Å². The van der Waals surface area contributed by atoms with Gasteiger partial charge in [-0.3, -0.25) is 0 Å². The fourth-order valence-electron chi connectivity index (χ4n) is 9.85. The van der Waals surface area contributed by atoms with Crippen molar-refractivity contribution in [1.82, 2.24) is 0 Å². The molecule has 0 saturated heterocycles. The van der Waals surface area contributed by atoms with Crippen LogP contribution in [0.15, 0.2) is 267 Å². The Kier molecular flexibility index (Phi) is 29.7. The first-order chi connectivity index (χ1) is 40.2. The summed E-state index contributed by atoms with van der Waals surface area (Å²) in [6.45, 7) is 29.7. The Labute approximate surface area is 531 Å². The van der Waals surface area contributed by atoms with E-state index in [1.807, 2.05) is 155 Å². The van der Waals surface area contributed by atoms with E-state index in [-0.39, 0.29) is 43.5 Å². The van der Waals surface area contributed by atoms with Crippen molar-refractivity contribution in [3.63, 3.8) is 0 Å². The molecule has 0 heterocycles. The summed E-state index contributed by atoms with van der Waals surface area (Å²) >= 11 is 0. The molecule has 11 aromatic rings. The minimum Gasteiger partial charge on any atom is -0.457 e. The number of hydrogen-bond donors (Lipinski definition) is 0. The van der Waals surface area contributed by atoms with Gasteiger partial charge in [0.2, 0.25) is 0 Å². The average Bonchev–Trinajstić information content (AvgIpc) is 1.81. The van der Waals surface area contributed by atoms with Crippen molar-refractivity contribution in [1.29, 1.82) is 0 Å². The standard InChI is InChI=1S/C26H22O2.C18H20.C12H12.C7H8.2C7H7.2C2H6.Y/c1-19-5-3-7-25(17-19)27-23-13-9-21(10-14-23)22-11-15-24(16-12-22)28-26-8-4-6-20(2)18-26;1-17(2)13-18(3,14-9-5-4-6-10-14)16-12-8-7-11-15(16)17;1-9-5-3-8-12-10(2)6-4-7-11(9)12;3*1-7-5-3-2-4-6-7;2*1-2;/h3-18H,1-2H3;4-12H,13H2,1-3H3;3-8H,1-2H3;2-6H,1H3;2*3-6H,1H3;2*1-2H3;/q;;;;2*-1;;;. The average molecular weight is 1180 g/mol. The molecular weight excluding hydrogens is 1090 g/mol. The van der Waals surface area contributed by atoms with Crippen molar-refractivity contribution in [3.05, 3.63) is 335 Å². The van der Waals surface area contributed by atoms with E-state index in [0.29, 0.717) is 0 Å². The van der Waals surface area contributed by atoms with E-state index in [1.165, 1.54) is 72.8 Å².